The molecule has 1 heterocycles. The predicted molar refractivity (Wildman–Crippen MR) is 55.3 cm³/mol. The number of nitrogens with two attached hydrogens (primary N) is 1. The molecule has 0 atom stereocenters. The Kier molecular flexibility index (Phi) is 2.42. The fraction of sp³-hybridized carbons (Fsp3) is 0. The SMILES string of the molecule is NC(=O)Nc1ccc(-n2ncoc2=O)cc1. The van der Waals surface area contributed by atoms with E-state index in [4.69, 9.17) is 5.73 Å². The zero-order valence-electron chi connectivity index (χ0n) is 8.08. The summed E-state index contributed by atoms with van der Waals surface area (Å²) in [5.41, 5.74) is 6.02. The van der Waals surface area contributed by atoms with Crippen molar-refractivity contribution in [3.8, 4) is 5.69 Å². The van der Waals surface area contributed by atoms with Gasteiger partial charge in [0.15, 0.2) is 0 Å². The van der Waals surface area contributed by atoms with E-state index in [1.165, 1.54) is 0 Å². The van der Waals surface area contributed by atoms with Crippen LogP contribution in [0.25, 0.3) is 5.69 Å². The number of aromatic nitrogens is 2. The summed E-state index contributed by atoms with van der Waals surface area (Å²) in [6, 6.07) is 5.76. The number of nitrogens with one attached hydrogen (secondary N) is 1. The van der Waals surface area contributed by atoms with Gasteiger partial charge in [-0.05, 0) is 24.3 Å². The summed E-state index contributed by atoms with van der Waals surface area (Å²) in [7, 11) is 0. The minimum absolute atomic E-state index is 0.535. The number of benzene rings is 1. The summed E-state index contributed by atoms with van der Waals surface area (Å²) in [6.07, 6.45) is 1.05. The molecule has 0 saturated carbocycles. The van der Waals surface area contributed by atoms with Crippen LogP contribution in [0.3, 0.4) is 0 Å². The van der Waals surface area contributed by atoms with Crippen molar-refractivity contribution in [1.82, 2.24) is 9.78 Å². The van der Waals surface area contributed by atoms with Crippen molar-refractivity contribution in [1.29, 1.82) is 0 Å². The molecular weight excluding hydrogens is 212 g/mol. The zero-order chi connectivity index (χ0) is 11.5. The molecule has 1 aromatic heterocycles. The lowest BCUT2D eigenvalue weighted by molar-refractivity contribution is 0.259. The van der Waals surface area contributed by atoms with Crippen molar-refractivity contribution in [3.63, 3.8) is 0 Å². The van der Waals surface area contributed by atoms with Crippen LogP contribution in [-0.2, 0) is 0 Å². The third-order valence-corrected chi connectivity index (χ3v) is 1.87. The first-order valence-corrected chi connectivity index (χ1v) is 4.36. The van der Waals surface area contributed by atoms with E-state index in [9.17, 15) is 9.59 Å². The van der Waals surface area contributed by atoms with Gasteiger partial charge in [-0.2, -0.15) is 4.68 Å². The fourth-order valence-electron chi connectivity index (χ4n) is 1.21. The van der Waals surface area contributed by atoms with E-state index in [1.54, 1.807) is 24.3 Å². The maximum atomic E-state index is 11.1. The van der Waals surface area contributed by atoms with E-state index in [0.29, 0.717) is 11.4 Å². The highest BCUT2D eigenvalue weighted by molar-refractivity contribution is 5.87. The smallest absolute Gasteiger partial charge is 0.395 e. The number of amides is 2. The number of rotatable bonds is 2. The molecule has 1 aromatic carbocycles. The van der Waals surface area contributed by atoms with Gasteiger partial charge in [0, 0.05) is 5.69 Å². The van der Waals surface area contributed by atoms with Gasteiger partial charge in [0.1, 0.15) is 0 Å². The monoisotopic (exact) mass is 220 g/mol. The van der Waals surface area contributed by atoms with Crippen LogP contribution in [0.2, 0.25) is 0 Å². The molecule has 2 amide bonds. The Labute approximate surface area is 89.5 Å². The Morgan fingerprint density at radius 1 is 1.38 bits per heavy atom. The van der Waals surface area contributed by atoms with Crippen LogP contribution in [0.15, 0.2) is 39.9 Å². The molecule has 0 aliphatic rings. The summed E-state index contributed by atoms with van der Waals surface area (Å²) in [5, 5.41) is 6.10. The molecule has 0 aliphatic carbocycles. The number of urea groups is 1. The molecule has 0 radical (unpaired) electrons. The van der Waals surface area contributed by atoms with E-state index in [0.717, 1.165) is 11.1 Å². The van der Waals surface area contributed by atoms with Crippen LogP contribution in [-0.4, -0.2) is 15.8 Å². The third kappa shape index (κ3) is 1.92. The molecule has 7 nitrogen and oxygen atoms in total. The number of carbonyl (C=O) groups excluding carboxylic acids is 1. The van der Waals surface area contributed by atoms with Gasteiger partial charge in [-0.1, -0.05) is 0 Å². The molecule has 0 aliphatic heterocycles. The Balaban J connectivity index is 2.30. The Bertz CT molecular complexity index is 555. The zero-order valence-corrected chi connectivity index (χ0v) is 8.08. The number of primary amides is 1. The number of hydrogen-bond acceptors (Lipinski definition) is 4. The van der Waals surface area contributed by atoms with Crippen molar-refractivity contribution in [2.45, 2.75) is 0 Å². The van der Waals surface area contributed by atoms with E-state index in [-0.39, 0.29) is 0 Å². The summed E-state index contributed by atoms with van der Waals surface area (Å²) >= 11 is 0. The fourth-order valence-corrected chi connectivity index (χ4v) is 1.21. The topological polar surface area (TPSA) is 103 Å². The Morgan fingerprint density at radius 3 is 2.56 bits per heavy atom. The standard InChI is InChI=1S/C9H8N4O3/c10-8(14)12-6-1-3-7(4-2-6)13-9(15)16-5-11-13/h1-5H,(H3,10,12,14). The lowest BCUT2D eigenvalue weighted by Crippen LogP contribution is -2.19. The highest BCUT2D eigenvalue weighted by Crippen LogP contribution is 2.10. The quantitative estimate of drug-likeness (QED) is 0.760. The molecule has 16 heavy (non-hydrogen) atoms. The predicted octanol–water partition coefficient (Wildman–Crippen LogP) is 0.316. The summed E-state index contributed by atoms with van der Waals surface area (Å²) in [4.78, 5) is 21.7. The maximum absolute atomic E-state index is 11.1. The Morgan fingerprint density at radius 2 is 2.06 bits per heavy atom. The first kappa shape index (κ1) is 9.97. The third-order valence-electron chi connectivity index (χ3n) is 1.87. The minimum atomic E-state index is -0.647. The van der Waals surface area contributed by atoms with Crippen molar-refractivity contribution in [3.05, 3.63) is 41.2 Å². The second-order valence-electron chi connectivity index (χ2n) is 2.95. The van der Waals surface area contributed by atoms with Crippen molar-refractivity contribution in [2.24, 2.45) is 5.73 Å². The molecular formula is C9H8N4O3. The van der Waals surface area contributed by atoms with E-state index in [1.807, 2.05) is 0 Å². The molecule has 82 valence electrons. The van der Waals surface area contributed by atoms with Gasteiger partial charge in [0.05, 0.1) is 5.69 Å². The van der Waals surface area contributed by atoms with Gasteiger partial charge in [-0.15, -0.1) is 5.10 Å². The molecule has 3 N–H and O–H groups in total. The van der Waals surface area contributed by atoms with Gasteiger partial charge in [-0.25, -0.2) is 9.59 Å². The molecule has 2 rings (SSSR count). The van der Waals surface area contributed by atoms with Crippen LogP contribution < -0.4 is 16.8 Å². The number of anilines is 1. The van der Waals surface area contributed by atoms with Crippen molar-refractivity contribution >= 4 is 11.7 Å². The highest BCUT2D eigenvalue weighted by atomic mass is 16.4. The summed E-state index contributed by atoms with van der Waals surface area (Å²) in [5.74, 6) is -0.574. The van der Waals surface area contributed by atoms with Crippen LogP contribution in [0, 0.1) is 0 Å². The van der Waals surface area contributed by atoms with E-state index >= 15 is 0 Å². The van der Waals surface area contributed by atoms with Crippen molar-refractivity contribution in [2.75, 3.05) is 5.32 Å². The van der Waals surface area contributed by atoms with Crippen LogP contribution in [0.4, 0.5) is 10.5 Å². The maximum Gasteiger partial charge on any atom is 0.441 e. The van der Waals surface area contributed by atoms with Gasteiger partial charge in [0.2, 0.25) is 6.39 Å². The molecule has 7 heteroatoms. The van der Waals surface area contributed by atoms with Crippen LogP contribution in [0.1, 0.15) is 0 Å². The largest absolute Gasteiger partial charge is 0.441 e. The highest BCUT2D eigenvalue weighted by Gasteiger charge is 2.03. The van der Waals surface area contributed by atoms with Gasteiger partial charge >= 0.3 is 11.8 Å². The minimum Gasteiger partial charge on any atom is -0.395 e. The molecule has 0 unspecified atom stereocenters. The Hall–Kier alpha value is -2.57. The lowest BCUT2D eigenvalue weighted by atomic mass is 10.3. The number of carbonyl (C=O) groups is 1. The second kappa shape index (κ2) is 3.89. The molecule has 2 aromatic rings. The first-order chi connectivity index (χ1) is 7.66. The molecule has 0 bridgehead atoms. The second-order valence-corrected chi connectivity index (χ2v) is 2.95. The number of nitrogens with zero attached hydrogens (tertiary/aromatic N) is 2. The molecule has 0 spiro atoms. The average molecular weight is 220 g/mol. The van der Waals surface area contributed by atoms with Crippen LogP contribution >= 0.6 is 0 Å². The van der Waals surface area contributed by atoms with Crippen molar-refractivity contribution < 1.29 is 9.21 Å². The summed E-state index contributed by atoms with van der Waals surface area (Å²) < 4.78 is 5.61. The lowest BCUT2D eigenvalue weighted by Gasteiger charge is -2.02. The molecule has 0 saturated heterocycles. The normalized spacial score (nSPS) is 10.0. The summed E-state index contributed by atoms with van der Waals surface area (Å²) in [6.45, 7) is 0. The van der Waals surface area contributed by atoms with E-state index < -0.39 is 11.8 Å². The first-order valence-electron chi connectivity index (χ1n) is 4.36. The van der Waals surface area contributed by atoms with Gasteiger partial charge in [-0.3, -0.25) is 0 Å². The number of hydrogen-bond donors (Lipinski definition) is 2. The average Bonchev–Trinajstić information content (AvgIpc) is 2.65. The van der Waals surface area contributed by atoms with Gasteiger partial charge in [0.25, 0.3) is 0 Å². The van der Waals surface area contributed by atoms with Crippen LogP contribution in [0.5, 0.6) is 0 Å². The van der Waals surface area contributed by atoms with Gasteiger partial charge < -0.3 is 15.5 Å². The molecule has 0 fully saturated rings. The van der Waals surface area contributed by atoms with E-state index in [2.05, 4.69) is 14.8 Å².